The minimum absolute atomic E-state index is 0.161. The lowest BCUT2D eigenvalue weighted by molar-refractivity contribution is 0.580. The van der Waals surface area contributed by atoms with Crippen LogP contribution in [0.2, 0.25) is 0 Å². The SMILES string of the molecule is CC(C)NCc1cc(=O)[nH]c(-c2ccn(C)n2)n1. The molecule has 2 N–H and O–H groups in total. The van der Waals surface area contributed by atoms with Gasteiger partial charge in [0.15, 0.2) is 5.82 Å². The predicted octanol–water partition coefficient (Wildman–Crippen LogP) is 0.668. The van der Waals surface area contributed by atoms with Crippen molar-refractivity contribution in [1.29, 1.82) is 0 Å². The first-order valence-electron chi connectivity index (χ1n) is 5.88. The molecule has 2 aromatic rings. The van der Waals surface area contributed by atoms with Crippen LogP contribution in [-0.2, 0) is 13.6 Å². The lowest BCUT2D eigenvalue weighted by Crippen LogP contribution is -2.24. The number of aryl methyl sites for hydroxylation is 1. The molecule has 0 unspecified atom stereocenters. The molecule has 18 heavy (non-hydrogen) atoms. The predicted molar refractivity (Wildman–Crippen MR) is 69.0 cm³/mol. The van der Waals surface area contributed by atoms with Crippen molar-refractivity contribution in [3.05, 3.63) is 34.4 Å². The van der Waals surface area contributed by atoms with Crippen molar-refractivity contribution >= 4 is 0 Å². The van der Waals surface area contributed by atoms with E-state index >= 15 is 0 Å². The van der Waals surface area contributed by atoms with E-state index in [4.69, 9.17) is 0 Å². The summed E-state index contributed by atoms with van der Waals surface area (Å²) in [4.78, 5) is 18.7. The number of rotatable bonds is 4. The fourth-order valence-corrected chi connectivity index (χ4v) is 1.57. The van der Waals surface area contributed by atoms with Crippen molar-refractivity contribution < 1.29 is 0 Å². The first-order chi connectivity index (χ1) is 8.54. The molecule has 0 aliphatic heterocycles. The number of nitrogens with zero attached hydrogens (tertiary/aromatic N) is 3. The van der Waals surface area contributed by atoms with Gasteiger partial charge in [-0.25, -0.2) is 4.98 Å². The largest absolute Gasteiger partial charge is 0.309 e. The monoisotopic (exact) mass is 247 g/mol. The van der Waals surface area contributed by atoms with Crippen molar-refractivity contribution in [3.8, 4) is 11.5 Å². The highest BCUT2D eigenvalue weighted by atomic mass is 16.1. The van der Waals surface area contributed by atoms with Crippen LogP contribution in [0, 0.1) is 0 Å². The zero-order chi connectivity index (χ0) is 13.1. The molecule has 2 heterocycles. The average Bonchev–Trinajstić information content (AvgIpc) is 2.72. The molecular weight excluding hydrogens is 230 g/mol. The Kier molecular flexibility index (Phi) is 3.57. The number of aromatic nitrogens is 4. The molecule has 0 bridgehead atoms. The Labute approximate surface area is 105 Å². The van der Waals surface area contributed by atoms with E-state index in [1.807, 2.05) is 33.2 Å². The fourth-order valence-electron chi connectivity index (χ4n) is 1.57. The summed E-state index contributed by atoms with van der Waals surface area (Å²) in [5, 5.41) is 7.45. The molecule has 0 aliphatic carbocycles. The standard InChI is InChI=1S/C12H17N5O/c1-8(2)13-7-9-6-11(18)15-12(14-9)10-4-5-17(3)16-10/h4-6,8,13H,7H2,1-3H3,(H,14,15,18). The van der Waals surface area contributed by atoms with E-state index in [1.54, 1.807) is 4.68 Å². The lowest BCUT2D eigenvalue weighted by Gasteiger charge is -2.07. The van der Waals surface area contributed by atoms with E-state index in [0.29, 0.717) is 29.8 Å². The van der Waals surface area contributed by atoms with Crippen LogP contribution in [0.1, 0.15) is 19.5 Å². The molecule has 0 aromatic carbocycles. The molecule has 0 atom stereocenters. The lowest BCUT2D eigenvalue weighted by atomic mass is 10.3. The van der Waals surface area contributed by atoms with E-state index in [2.05, 4.69) is 20.4 Å². The third-order valence-electron chi connectivity index (χ3n) is 2.44. The number of nitrogens with one attached hydrogen (secondary N) is 2. The highest BCUT2D eigenvalue weighted by molar-refractivity contribution is 5.47. The van der Waals surface area contributed by atoms with Crippen LogP contribution in [0.4, 0.5) is 0 Å². The highest BCUT2D eigenvalue weighted by Crippen LogP contribution is 2.09. The summed E-state index contributed by atoms with van der Waals surface area (Å²) in [6.45, 7) is 4.67. The molecule has 0 radical (unpaired) electrons. The molecule has 0 aliphatic rings. The Hall–Kier alpha value is -1.95. The van der Waals surface area contributed by atoms with Crippen LogP contribution in [0.15, 0.2) is 23.1 Å². The molecule has 0 saturated carbocycles. The van der Waals surface area contributed by atoms with Crippen molar-refractivity contribution in [2.75, 3.05) is 0 Å². The van der Waals surface area contributed by atoms with Gasteiger partial charge < -0.3 is 10.3 Å². The maximum absolute atomic E-state index is 11.6. The van der Waals surface area contributed by atoms with Crippen molar-refractivity contribution in [1.82, 2.24) is 25.1 Å². The summed E-state index contributed by atoms with van der Waals surface area (Å²) in [5.74, 6) is 0.503. The number of aromatic amines is 1. The fraction of sp³-hybridized carbons (Fsp3) is 0.417. The van der Waals surface area contributed by atoms with Gasteiger partial charge >= 0.3 is 0 Å². The second kappa shape index (κ2) is 5.14. The molecule has 0 amide bonds. The molecule has 0 spiro atoms. The Morgan fingerprint density at radius 3 is 2.89 bits per heavy atom. The van der Waals surface area contributed by atoms with Gasteiger partial charge in [-0.15, -0.1) is 0 Å². The summed E-state index contributed by atoms with van der Waals surface area (Å²) in [6, 6.07) is 3.67. The first-order valence-corrected chi connectivity index (χ1v) is 5.88. The van der Waals surface area contributed by atoms with Gasteiger partial charge in [0, 0.05) is 31.9 Å². The van der Waals surface area contributed by atoms with Crippen LogP contribution in [-0.4, -0.2) is 25.8 Å². The second-order valence-electron chi connectivity index (χ2n) is 4.50. The molecule has 0 fully saturated rings. The van der Waals surface area contributed by atoms with E-state index in [0.717, 1.165) is 0 Å². The molecule has 96 valence electrons. The summed E-state index contributed by atoms with van der Waals surface area (Å²) in [7, 11) is 1.83. The van der Waals surface area contributed by atoms with Crippen molar-refractivity contribution in [3.63, 3.8) is 0 Å². The Morgan fingerprint density at radius 1 is 1.50 bits per heavy atom. The first kappa shape index (κ1) is 12.5. The summed E-state index contributed by atoms with van der Waals surface area (Å²) >= 11 is 0. The van der Waals surface area contributed by atoms with Crippen LogP contribution in [0.3, 0.4) is 0 Å². The van der Waals surface area contributed by atoms with Crippen LogP contribution >= 0.6 is 0 Å². The summed E-state index contributed by atoms with van der Waals surface area (Å²) < 4.78 is 1.67. The average molecular weight is 247 g/mol. The second-order valence-corrected chi connectivity index (χ2v) is 4.50. The molecule has 6 heteroatoms. The number of hydrogen-bond acceptors (Lipinski definition) is 4. The van der Waals surface area contributed by atoms with Gasteiger partial charge in [0.2, 0.25) is 0 Å². The van der Waals surface area contributed by atoms with Gasteiger partial charge in [0.05, 0.1) is 5.69 Å². The molecular formula is C12H17N5O. The van der Waals surface area contributed by atoms with Crippen molar-refractivity contribution in [2.45, 2.75) is 26.4 Å². The van der Waals surface area contributed by atoms with Crippen LogP contribution < -0.4 is 10.9 Å². The van der Waals surface area contributed by atoms with Crippen LogP contribution in [0.5, 0.6) is 0 Å². The molecule has 6 nitrogen and oxygen atoms in total. The van der Waals surface area contributed by atoms with Gasteiger partial charge in [-0.3, -0.25) is 9.48 Å². The maximum atomic E-state index is 11.6. The van der Waals surface area contributed by atoms with Gasteiger partial charge in [-0.05, 0) is 6.07 Å². The van der Waals surface area contributed by atoms with Gasteiger partial charge in [-0.1, -0.05) is 13.8 Å². The Morgan fingerprint density at radius 2 is 2.28 bits per heavy atom. The molecule has 2 aromatic heterocycles. The Bertz CT molecular complexity index is 584. The molecule has 2 rings (SSSR count). The normalized spacial score (nSPS) is 11.1. The van der Waals surface area contributed by atoms with Crippen molar-refractivity contribution in [2.24, 2.45) is 7.05 Å². The van der Waals surface area contributed by atoms with Gasteiger partial charge in [0.25, 0.3) is 5.56 Å². The van der Waals surface area contributed by atoms with E-state index < -0.39 is 0 Å². The number of hydrogen-bond donors (Lipinski definition) is 2. The minimum atomic E-state index is -0.161. The quantitative estimate of drug-likeness (QED) is 0.832. The topological polar surface area (TPSA) is 75.6 Å². The maximum Gasteiger partial charge on any atom is 0.251 e. The van der Waals surface area contributed by atoms with Gasteiger partial charge in [-0.2, -0.15) is 5.10 Å². The highest BCUT2D eigenvalue weighted by Gasteiger charge is 2.06. The third kappa shape index (κ3) is 3.04. The number of H-pyrrole nitrogens is 1. The summed E-state index contributed by atoms with van der Waals surface area (Å²) in [6.07, 6.45) is 1.81. The zero-order valence-corrected chi connectivity index (χ0v) is 10.8. The Balaban J connectivity index is 2.29. The van der Waals surface area contributed by atoms with Gasteiger partial charge in [0.1, 0.15) is 5.69 Å². The minimum Gasteiger partial charge on any atom is -0.309 e. The smallest absolute Gasteiger partial charge is 0.251 e. The zero-order valence-electron chi connectivity index (χ0n) is 10.8. The molecule has 0 saturated heterocycles. The third-order valence-corrected chi connectivity index (χ3v) is 2.44. The van der Waals surface area contributed by atoms with E-state index in [1.165, 1.54) is 6.07 Å². The van der Waals surface area contributed by atoms with Crippen LogP contribution in [0.25, 0.3) is 11.5 Å². The summed E-state index contributed by atoms with van der Waals surface area (Å²) in [5.41, 5.74) is 1.22. The van der Waals surface area contributed by atoms with E-state index in [9.17, 15) is 4.79 Å². The van der Waals surface area contributed by atoms with E-state index in [-0.39, 0.29) is 5.56 Å².